The van der Waals surface area contributed by atoms with Gasteiger partial charge in [-0.15, -0.1) is 5.10 Å². The van der Waals surface area contributed by atoms with Crippen molar-refractivity contribution in [3.05, 3.63) is 89.1 Å². The molecule has 29 heavy (non-hydrogen) atoms. The van der Waals surface area contributed by atoms with Crippen molar-refractivity contribution in [3.8, 4) is 5.88 Å². The van der Waals surface area contributed by atoms with Gasteiger partial charge in [-0.2, -0.15) is 0 Å². The standard InChI is InChI=1S/C22H18N4O3/c1-13(27)18-14(2)29-22-20(19(18)16-9-6-10-28-16)21-24-17(25-26(21)12-23-22)11-15-7-4-3-5-8-15/h3-10,12,19H,11H2,1-2H3. The number of allylic oxidation sites excluding steroid dienone is 2. The highest BCUT2D eigenvalue weighted by molar-refractivity contribution is 5.97. The van der Waals surface area contributed by atoms with Crippen LogP contribution in [-0.2, 0) is 11.2 Å². The minimum absolute atomic E-state index is 0.0828. The fourth-order valence-electron chi connectivity index (χ4n) is 3.83. The minimum atomic E-state index is -0.448. The van der Waals surface area contributed by atoms with Crippen LogP contribution >= 0.6 is 0 Å². The Bertz CT molecular complexity index is 1240. The summed E-state index contributed by atoms with van der Waals surface area (Å²) in [6, 6.07) is 13.7. The van der Waals surface area contributed by atoms with Crippen LogP contribution in [0.1, 0.15) is 42.5 Å². The molecule has 7 heteroatoms. The van der Waals surface area contributed by atoms with Crippen LogP contribution in [-0.4, -0.2) is 25.4 Å². The Morgan fingerprint density at radius 2 is 2.00 bits per heavy atom. The van der Waals surface area contributed by atoms with Crippen LogP contribution < -0.4 is 4.74 Å². The van der Waals surface area contributed by atoms with Gasteiger partial charge in [-0.1, -0.05) is 30.3 Å². The molecule has 4 aromatic rings. The Morgan fingerprint density at radius 3 is 2.72 bits per heavy atom. The second-order valence-electron chi connectivity index (χ2n) is 7.00. The van der Waals surface area contributed by atoms with Crippen LogP contribution in [0, 0.1) is 0 Å². The Morgan fingerprint density at radius 1 is 1.17 bits per heavy atom. The molecule has 0 fully saturated rings. The lowest BCUT2D eigenvalue weighted by atomic mass is 9.85. The van der Waals surface area contributed by atoms with E-state index in [0.29, 0.717) is 46.4 Å². The van der Waals surface area contributed by atoms with Crippen LogP contribution in [0.25, 0.3) is 5.65 Å². The fourth-order valence-corrected chi connectivity index (χ4v) is 3.83. The summed E-state index contributed by atoms with van der Waals surface area (Å²) in [5, 5.41) is 4.58. The number of Topliss-reactive ketones (excluding diaryl/α,β-unsaturated/α-hetero) is 1. The number of nitrogens with zero attached hydrogens (tertiary/aromatic N) is 4. The van der Waals surface area contributed by atoms with Gasteiger partial charge in [0.1, 0.15) is 17.8 Å². The lowest BCUT2D eigenvalue weighted by Crippen LogP contribution is -2.21. The van der Waals surface area contributed by atoms with Crippen molar-refractivity contribution >= 4 is 11.4 Å². The van der Waals surface area contributed by atoms with Crippen molar-refractivity contribution in [1.29, 1.82) is 0 Å². The van der Waals surface area contributed by atoms with Crippen molar-refractivity contribution in [3.63, 3.8) is 0 Å². The van der Waals surface area contributed by atoms with E-state index in [9.17, 15) is 4.79 Å². The molecule has 3 aromatic heterocycles. The molecule has 144 valence electrons. The predicted octanol–water partition coefficient (Wildman–Crippen LogP) is 3.70. The van der Waals surface area contributed by atoms with E-state index in [4.69, 9.17) is 14.1 Å². The van der Waals surface area contributed by atoms with Crippen molar-refractivity contribution in [2.45, 2.75) is 26.2 Å². The first kappa shape index (κ1) is 17.4. The number of hydrogen-bond donors (Lipinski definition) is 0. The number of furan rings is 1. The Balaban J connectivity index is 1.69. The zero-order chi connectivity index (χ0) is 20.0. The minimum Gasteiger partial charge on any atom is -0.468 e. The highest BCUT2D eigenvalue weighted by Gasteiger charge is 2.37. The van der Waals surface area contributed by atoms with E-state index in [1.807, 2.05) is 36.4 Å². The molecule has 0 amide bonds. The lowest BCUT2D eigenvalue weighted by Gasteiger charge is -2.26. The van der Waals surface area contributed by atoms with Crippen molar-refractivity contribution < 1.29 is 13.9 Å². The molecule has 7 nitrogen and oxygen atoms in total. The molecule has 0 radical (unpaired) electrons. The molecule has 4 heterocycles. The van der Waals surface area contributed by atoms with Gasteiger partial charge in [0.15, 0.2) is 17.3 Å². The molecular formula is C22H18N4O3. The first-order valence-corrected chi connectivity index (χ1v) is 9.33. The topological polar surface area (TPSA) is 82.5 Å². The Hall–Kier alpha value is -3.74. The highest BCUT2D eigenvalue weighted by Crippen LogP contribution is 2.44. The maximum Gasteiger partial charge on any atom is 0.228 e. The molecular weight excluding hydrogens is 368 g/mol. The molecule has 0 saturated heterocycles. The summed E-state index contributed by atoms with van der Waals surface area (Å²) >= 11 is 0. The second-order valence-corrected chi connectivity index (χ2v) is 7.00. The number of aromatic nitrogens is 4. The molecule has 5 rings (SSSR count). The van der Waals surface area contributed by atoms with Gasteiger partial charge in [0.05, 0.1) is 17.7 Å². The predicted molar refractivity (Wildman–Crippen MR) is 105 cm³/mol. The smallest absolute Gasteiger partial charge is 0.228 e. The van der Waals surface area contributed by atoms with E-state index >= 15 is 0 Å². The summed E-state index contributed by atoms with van der Waals surface area (Å²) in [4.78, 5) is 21.6. The van der Waals surface area contributed by atoms with Gasteiger partial charge >= 0.3 is 0 Å². The molecule has 0 saturated carbocycles. The third-order valence-corrected chi connectivity index (χ3v) is 5.05. The quantitative estimate of drug-likeness (QED) is 0.532. The molecule has 1 unspecified atom stereocenters. The average Bonchev–Trinajstić information content (AvgIpc) is 3.36. The highest BCUT2D eigenvalue weighted by atomic mass is 16.5. The van der Waals surface area contributed by atoms with E-state index in [1.54, 1.807) is 30.1 Å². The number of rotatable bonds is 4. The number of carbonyl (C=O) groups is 1. The summed E-state index contributed by atoms with van der Waals surface area (Å²) in [5.74, 6) is 1.71. The molecule has 1 aromatic carbocycles. The van der Waals surface area contributed by atoms with E-state index < -0.39 is 5.92 Å². The first-order valence-electron chi connectivity index (χ1n) is 9.33. The fraction of sp³-hybridized carbons (Fsp3) is 0.182. The normalized spacial score (nSPS) is 16.0. The third-order valence-electron chi connectivity index (χ3n) is 5.05. The van der Waals surface area contributed by atoms with Crippen LogP contribution in [0.2, 0.25) is 0 Å². The average molecular weight is 386 g/mol. The Kier molecular flexibility index (Phi) is 4.01. The maximum absolute atomic E-state index is 12.5. The first-order chi connectivity index (χ1) is 14.1. The van der Waals surface area contributed by atoms with E-state index in [1.165, 1.54) is 6.92 Å². The number of hydrogen-bond acceptors (Lipinski definition) is 6. The van der Waals surface area contributed by atoms with Crippen LogP contribution in [0.15, 0.2) is 70.8 Å². The van der Waals surface area contributed by atoms with Gasteiger partial charge in [-0.3, -0.25) is 4.79 Å². The van der Waals surface area contributed by atoms with Gasteiger partial charge in [-0.25, -0.2) is 14.5 Å². The van der Waals surface area contributed by atoms with Crippen molar-refractivity contribution in [2.24, 2.45) is 0 Å². The summed E-state index contributed by atoms with van der Waals surface area (Å²) in [7, 11) is 0. The molecule has 0 bridgehead atoms. The number of ether oxygens (including phenoxy) is 1. The van der Waals surface area contributed by atoms with E-state index in [0.717, 1.165) is 5.56 Å². The zero-order valence-corrected chi connectivity index (χ0v) is 16.0. The molecule has 0 spiro atoms. The summed E-state index contributed by atoms with van der Waals surface area (Å²) in [6.07, 6.45) is 3.77. The van der Waals surface area contributed by atoms with Gasteiger partial charge in [0.25, 0.3) is 0 Å². The number of carbonyl (C=O) groups excluding carboxylic acids is 1. The van der Waals surface area contributed by atoms with Crippen LogP contribution in [0.4, 0.5) is 0 Å². The summed E-state index contributed by atoms with van der Waals surface area (Å²) in [5.41, 5.74) is 2.94. The monoisotopic (exact) mass is 386 g/mol. The molecule has 0 N–H and O–H groups in total. The van der Waals surface area contributed by atoms with Gasteiger partial charge in [-0.05, 0) is 31.5 Å². The van der Waals surface area contributed by atoms with Crippen LogP contribution in [0.3, 0.4) is 0 Å². The van der Waals surface area contributed by atoms with Gasteiger partial charge in [0, 0.05) is 12.0 Å². The maximum atomic E-state index is 12.5. The molecule has 1 atom stereocenters. The second kappa shape index (κ2) is 6.70. The molecule has 1 aliphatic heterocycles. The number of fused-ring (bicyclic) bond motifs is 3. The largest absolute Gasteiger partial charge is 0.468 e. The zero-order valence-electron chi connectivity index (χ0n) is 16.0. The number of ketones is 1. The van der Waals surface area contributed by atoms with Crippen molar-refractivity contribution in [1.82, 2.24) is 19.6 Å². The third kappa shape index (κ3) is 2.91. The van der Waals surface area contributed by atoms with Gasteiger partial charge < -0.3 is 9.15 Å². The van der Waals surface area contributed by atoms with Crippen LogP contribution in [0.5, 0.6) is 5.88 Å². The SMILES string of the molecule is CC(=O)C1=C(C)Oc2ncn3nc(Cc4ccccc4)nc3c2C1c1ccco1. The lowest BCUT2D eigenvalue weighted by molar-refractivity contribution is -0.114. The van der Waals surface area contributed by atoms with E-state index in [2.05, 4.69) is 10.1 Å². The Labute approximate surface area is 166 Å². The molecule has 1 aliphatic rings. The number of benzene rings is 1. The molecule has 0 aliphatic carbocycles. The van der Waals surface area contributed by atoms with E-state index in [-0.39, 0.29) is 5.78 Å². The van der Waals surface area contributed by atoms with Gasteiger partial charge in [0.2, 0.25) is 5.88 Å². The summed E-state index contributed by atoms with van der Waals surface area (Å²) < 4.78 is 13.2. The van der Waals surface area contributed by atoms with Crippen molar-refractivity contribution in [2.75, 3.05) is 0 Å². The summed E-state index contributed by atoms with van der Waals surface area (Å²) in [6.45, 7) is 3.30.